The molecule has 0 saturated carbocycles. The van der Waals surface area contributed by atoms with E-state index >= 15 is 0 Å². The molecule has 0 aromatic heterocycles. The molecule has 0 radical (unpaired) electrons. The van der Waals surface area contributed by atoms with Crippen LogP contribution in [0.1, 0.15) is 27.2 Å². The van der Waals surface area contributed by atoms with Crippen LogP contribution in [0.2, 0.25) is 0 Å². The van der Waals surface area contributed by atoms with Gasteiger partial charge in [0.15, 0.2) is 0 Å². The minimum absolute atomic E-state index is 0.0737. The summed E-state index contributed by atoms with van der Waals surface area (Å²) in [6, 6.07) is 0. The summed E-state index contributed by atoms with van der Waals surface area (Å²) in [6.45, 7) is 7.16. The third-order valence-electron chi connectivity index (χ3n) is 2.18. The van der Waals surface area contributed by atoms with Crippen molar-refractivity contribution in [3.8, 4) is 0 Å². The van der Waals surface area contributed by atoms with Crippen LogP contribution in [0.3, 0.4) is 0 Å². The first kappa shape index (κ1) is 10.6. The predicted molar refractivity (Wildman–Crippen MR) is 50.4 cm³/mol. The van der Waals surface area contributed by atoms with Gasteiger partial charge >= 0.3 is 0 Å². The van der Waals surface area contributed by atoms with Crippen LogP contribution >= 0.6 is 0 Å². The first-order valence-corrected chi connectivity index (χ1v) is 4.12. The molecule has 11 heavy (non-hydrogen) atoms. The van der Waals surface area contributed by atoms with Gasteiger partial charge in [0, 0.05) is 17.7 Å². The summed E-state index contributed by atoms with van der Waals surface area (Å²) in [6.07, 6.45) is 1.04. The van der Waals surface area contributed by atoms with Crippen LogP contribution in [0.4, 0.5) is 0 Å². The zero-order chi connectivity index (χ0) is 9.07. The number of hydrogen-bond acceptors (Lipinski definition) is 2. The fourth-order valence-corrected chi connectivity index (χ4v) is 0.744. The molecule has 66 valence electrons. The standard InChI is InChI=1S/C9H20N2/c1-6-9(2,3)8(10)7-11(4)5/h10H,6-7H2,1-5H3. The Morgan fingerprint density at radius 3 is 2.09 bits per heavy atom. The average Bonchev–Trinajstić information content (AvgIpc) is 1.86. The van der Waals surface area contributed by atoms with Crippen molar-refractivity contribution in [1.29, 1.82) is 5.41 Å². The lowest BCUT2D eigenvalue weighted by Gasteiger charge is -2.25. The molecule has 0 spiro atoms. The Hall–Kier alpha value is -0.370. The molecule has 2 nitrogen and oxygen atoms in total. The monoisotopic (exact) mass is 156 g/mol. The second-order valence-electron chi connectivity index (χ2n) is 3.95. The molecule has 0 saturated heterocycles. The Bertz CT molecular complexity index is 136. The van der Waals surface area contributed by atoms with Gasteiger partial charge < -0.3 is 10.3 Å². The van der Waals surface area contributed by atoms with Gasteiger partial charge in [-0.3, -0.25) is 0 Å². The molecular weight excluding hydrogens is 136 g/mol. The third kappa shape index (κ3) is 3.51. The van der Waals surface area contributed by atoms with Gasteiger partial charge in [-0.2, -0.15) is 0 Å². The molecule has 0 amide bonds. The van der Waals surface area contributed by atoms with E-state index < -0.39 is 0 Å². The van der Waals surface area contributed by atoms with E-state index in [1.807, 2.05) is 19.0 Å². The maximum Gasteiger partial charge on any atom is 0.0360 e. The van der Waals surface area contributed by atoms with Crippen molar-refractivity contribution in [2.45, 2.75) is 27.2 Å². The second kappa shape index (κ2) is 3.86. The van der Waals surface area contributed by atoms with E-state index in [1.54, 1.807) is 0 Å². The summed E-state index contributed by atoms with van der Waals surface area (Å²) in [5, 5.41) is 7.78. The van der Waals surface area contributed by atoms with Crippen molar-refractivity contribution < 1.29 is 0 Å². The fourth-order valence-electron chi connectivity index (χ4n) is 0.744. The largest absolute Gasteiger partial charge is 0.308 e. The van der Waals surface area contributed by atoms with E-state index in [2.05, 4.69) is 20.8 Å². The van der Waals surface area contributed by atoms with Crippen LogP contribution in [0.25, 0.3) is 0 Å². The van der Waals surface area contributed by atoms with Crippen molar-refractivity contribution in [3.63, 3.8) is 0 Å². The Balaban J connectivity index is 4.02. The SMILES string of the molecule is CCC(C)(C)C(=N)CN(C)C. The predicted octanol–water partition coefficient (Wildman–Crippen LogP) is 2.00. The number of hydrogen-bond donors (Lipinski definition) is 1. The van der Waals surface area contributed by atoms with Gasteiger partial charge in [0.25, 0.3) is 0 Å². The van der Waals surface area contributed by atoms with E-state index in [1.165, 1.54) is 0 Å². The molecule has 0 aliphatic heterocycles. The second-order valence-corrected chi connectivity index (χ2v) is 3.95. The van der Waals surface area contributed by atoms with Gasteiger partial charge in [-0.15, -0.1) is 0 Å². The molecule has 1 N–H and O–H groups in total. The molecule has 0 aromatic rings. The lowest BCUT2D eigenvalue weighted by Crippen LogP contribution is -2.32. The minimum Gasteiger partial charge on any atom is -0.308 e. The van der Waals surface area contributed by atoms with Crippen LogP contribution in [-0.4, -0.2) is 31.3 Å². The summed E-state index contributed by atoms with van der Waals surface area (Å²) >= 11 is 0. The molecule has 2 heteroatoms. The molecule has 0 fully saturated rings. The van der Waals surface area contributed by atoms with Crippen molar-refractivity contribution >= 4 is 5.71 Å². The van der Waals surface area contributed by atoms with E-state index in [0.717, 1.165) is 18.7 Å². The smallest absolute Gasteiger partial charge is 0.0360 e. The highest BCUT2D eigenvalue weighted by Gasteiger charge is 2.21. The van der Waals surface area contributed by atoms with Crippen molar-refractivity contribution in [3.05, 3.63) is 0 Å². The molecule has 0 aliphatic rings. The summed E-state index contributed by atoms with van der Waals surface area (Å²) < 4.78 is 0. The topological polar surface area (TPSA) is 27.1 Å². The van der Waals surface area contributed by atoms with Gasteiger partial charge in [-0.25, -0.2) is 0 Å². The first-order valence-electron chi connectivity index (χ1n) is 4.12. The minimum atomic E-state index is 0.0737. The Morgan fingerprint density at radius 2 is 1.82 bits per heavy atom. The summed E-state index contributed by atoms with van der Waals surface area (Å²) in [7, 11) is 4.00. The number of rotatable bonds is 4. The molecule has 0 atom stereocenters. The molecule has 0 rings (SSSR count). The summed E-state index contributed by atoms with van der Waals surface area (Å²) in [5.74, 6) is 0. The quantitative estimate of drug-likeness (QED) is 0.619. The Morgan fingerprint density at radius 1 is 1.36 bits per heavy atom. The highest BCUT2D eigenvalue weighted by Crippen LogP contribution is 2.21. The maximum atomic E-state index is 7.78. The lowest BCUT2D eigenvalue weighted by atomic mass is 9.84. The van der Waals surface area contributed by atoms with Crippen LogP contribution < -0.4 is 0 Å². The first-order chi connectivity index (χ1) is 4.90. The number of nitrogens with one attached hydrogen (secondary N) is 1. The van der Waals surface area contributed by atoms with E-state index in [-0.39, 0.29) is 5.41 Å². The van der Waals surface area contributed by atoms with Gasteiger partial charge in [-0.1, -0.05) is 20.8 Å². The van der Waals surface area contributed by atoms with Gasteiger partial charge in [0.05, 0.1) is 0 Å². The van der Waals surface area contributed by atoms with E-state index in [0.29, 0.717) is 0 Å². The van der Waals surface area contributed by atoms with Crippen LogP contribution in [0, 0.1) is 10.8 Å². The Labute approximate surface area is 70.1 Å². The zero-order valence-corrected chi connectivity index (χ0v) is 8.36. The van der Waals surface area contributed by atoms with Crippen molar-refractivity contribution in [2.24, 2.45) is 5.41 Å². The Kier molecular flexibility index (Phi) is 3.73. The normalized spacial score (nSPS) is 12.2. The molecule has 0 unspecified atom stereocenters. The average molecular weight is 156 g/mol. The fraction of sp³-hybridized carbons (Fsp3) is 0.889. The van der Waals surface area contributed by atoms with Crippen LogP contribution in [0.15, 0.2) is 0 Å². The highest BCUT2D eigenvalue weighted by atomic mass is 15.1. The number of nitrogens with zero attached hydrogens (tertiary/aromatic N) is 1. The molecule has 0 heterocycles. The third-order valence-corrected chi connectivity index (χ3v) is 2.18. The summed E-state index contributed by atoms with van der Waals surface area (Å²) in [4.78, 5) is 2.04. The van der Waals surface area contributed by atoms with Gasteiger partial charge in [0.2, 0.25) is 0 Å². The molecule has 0 bridgehead atoms. The van der Waals surface area contributed by atoms with Crippen LogP contribution in [-0.2, 0) is 0 Å². The van der Waals surface area contributed by atoms with E-state index in [9.17, 15) is 0 Å². The highest BCUT2D eigenvalue weighted by molar-refractivity contribution is 5.88. The van der Waals surface area contributed by atoms with Gasteiger partial charge in [0.1, 0.15) is 0 Å². The zero-order valence-electron chi connectivity index (χ0n) is 8.36. The lowest BCUT2D eigenvalue weighted by molar-refractivity contribution is 0.423. The molecular formula is C9H20N2. The van der Waals surface area contributed by atoms with E-state index in [4.69, 9.17) is 5.41 Å². The maximum absolute atomic E-state index is 7.78. The van der Waals surface area contributed by atoms with Crippen molar-refractivity contribution in [1.82, 2.24) is 4.90 Å². The van der Waals surface area contributed by atoms with Gasteiger partial charge in [-0.05, 0) is 20.5 Å². The summed E-state index contributed by atoms with van der Waals surface area (Å²) in [5.41, 5.74) is 0.898. The van der Waals surface area contributed by atoms with Crippen molar-refractivity contribution in [2.75, 3.05) is 20.6 Å². The molecule has 0 aliphatic carbocycles. The van der Waals surface area contributed by atoms with Crippen LogP contribution in [0.5, 0.6) is 0 Å². The molecule has 0 aromatic carbocycles.